The van der Waals surface area contributed by atoms with E-state index in [4.69, 9.17) is 16.3 Å². The zero-order chi connectivity index (χ0) is 24.4. The molecule has 8 nitrogen and oxygen atoms in total. The molecule has 2 aromatic heterocycles. The van der Waals surface area contributed by atoms with E-state index in [1.807, 2.05) is 30.3 Å². The standard InChI is InChI=1S/C26H26ClN5O3/c1-15(33)22-10-7-16(12-28-22)32-26-23-20(13-29-25(23)30-14-31-26)24(34)19-9-8-18(11-21(19)27)35-17-5-3-2-4-6-17/h2-6,8-9,11,13-16,22,28,33H,7,10,12H2,1H3,(H2,29,30,31,32). The van der Waals surface area contributed by atoms with Gasteiger partial charge in [-0.15, -0.1) is 0 Å². The first-order valence-corrected chi connectivity index (χ1v) is 11.9. The molecule has 1 fully saturated rings. The number of ketones is 1. The Morgan fingerprint density at radius 2 is 1.97 bits per heavy atom. The number of ether oxygens (including phenoxy) is 1. The van der Waals surface area contributed by atoms with Gasteiger partial charge >= 0.3 is 0 Å². The molecule has 2 aromatic carbocycles. The number of rotatable bonds is 7. The number of nitrogens with one attached hydrogen (secondary N) is 3. The van der Waals surface area contributed by atoms with Crippen LogP contribution in [0.1, 0.15) is 35.7 Å². The number of fused-ring (bicyclic) bond motifs is 1. The number of H-pyrrole nitrogens is 1. The summed E-state index contributed by atoms with van der Waals surface area (Å²) in [5.74, 6) is 1.58. The molecule has 4 N–H and O–H groups in total. The molecule has 0 saturated carbocycles. The second-order valence-corrected chi connectivity index (χ2v) is 9.12. The number of anilines is 1. The Morgan fingerprint density at radius 3 is 2.69 bits per heavy atom. The van der Waals surface area contributed by atoms with Crippen LogP contribution in [0.15, 0.2) is 61.1 Å². The number of aromatic amines is 1. The summed E-state index contributed by atoms with van der Waals surface area (Å²) in [5.41, 5.74) is 1.37. The highest BCUT2D eigenvalue weighted by Crippen LogP contribution is 2.31. The first-order chi connectivity index (χ1) is 17.0. The molecular weight excluding hydrogens is 466 g/mol. The normalized spacial score (nSPS) is 18.8. The number of aliphatic hydroxyl groups is 1. The predicted octanol–water partition coefficient (Wildman–Crippen LogP) is 4.55. The number of carbonyl (C=O) groups excluding carboxylic acids is 1. The van der Waals surface area contributed by atoms with E-state index in [0.29, 0.717) is 51.0 Å². The van der Waals surface area contributed by atoms with Crippen LogP contribution in [0, 0.1) is 0 Å². The molecule has 5 rings (SSSR count). The van der Waals surface area contributed by atoms with Crippen molar-refractivity contribution in [2.24, 2.45) is 0 Å². The number of aromatic nitrogens is 3. The Morgan fingerprint density at radius 1 is 1.14 bits per heavy atom. The molecular formula is C26H26ClN5O3. The number of piperidine rings is 1. The van der Waals surface area contributed by atoms with E-state index in [0.717, 1.165) is 12.8 Å². The van der Waals surface area contributed by atoms with Crippen molar-refractivity contribution in [2.45, 2.75) is 38.0 Å². The molecule has 180 valence electrons. The topological polar surface area (TPSA) is 112 Å². The molecule has 1 aliphatic rings. The lowest BCUT2D eigenvalue weighted by molar-refractivity contribution is 0.104. The molecule has 0 radical (unpaired) electrons. The van der Waals surface area contributed by atoms with Crippen LogP contribution < -0.4 is 15.4 Å². The van der Waals surface area contributed by atoms with E-state index in [1.54, 1.807) is 31.3 Å². The van der Waals surface area contributed by atoms with Crippen molar-refractivity contribution in [1.82, 2.24) is 20.3 Å². The first-order valence-electron chi connectivity index (χ1n) is 11.6. The zero-order valence-corrected chi connectivity index (χ0v) is 19.9. The number of para-hydroxylation sites is 1. The van der Waals surface area contributed by atoms with Crippen molar-refractivity contribution in [1.29, 1.82) is 0 Å². The lowest BCUT2D eigenvalue weighted by Crippen LogP contribution is -2.49. The van der Waals surface area contributed by atoms with Crippen molar-refractivity contribution in [3.05, 3.63) is 77.2 Å². The molecule has 9 heteroatoms. The first kappa shape index (κ1) is 23.3. The third-order valence-electron chi connectivity index (χ3n) is 6.25. The van der Waals surface area contributed by atoms with E-state index in [-0.39, 0.29) is 17.9 Å². The number of benzene rings is 2. The molecule has 0 amide bonds. The highest BCUT2D eigenvalue weighted by atomic mass is 35.5. The van der Waals surface area contributed by atoms with Crippen LogP contribution in [0.3, 0.4) is 0 Å². The molecule has 1 saturated heterocycles. The van der Waals surface area contributed by atoms with Gasteiger partial charge in [0.2, 0.25) is 0 Å². The van der Waals surface area contributed by atoms with Crippen LogP contribution in [0.2, 0.25) is 5.02 Å². The lowest BCUT2D eigenvalue weighted by atomic mass is 9.97. The van der Waals surface area contributed by atoms with Crippen molar-refractivity contribution in [3.8, 4) is 11.5 Å². The fourth-order valence-electron chi connectivity index (χ4n) is 4.37. The fraction of sp³-hybridized carbons (Fsp3) is 0.269. The summed E-state index contributed by atoms with van der Waals surface area (Å²) in [6.07, 6.45) is 4.42. The van der Waals surface area contributed by atoms with Crippen LogP contribution in [-0.4, -0.2) is 50.6 Å². The number of carbonyl (C=O) groups is 1. The smallest absolute Gasteiger partial charge is 0.196 e. The Bertz CT molecular complexity index is 1330. The SMILES string of the molecule is CC(O)C1CCC(Nc2ncnc3[nH]cc(C(=O)c4ccc(Oc5ccccc5)cc4Cl)c23)CN1. The van der Waals surface area contributed by atoms with E-state index in [2.05, 4.69) is 25.6 Å². The predicted molar refractivity (Wildman–Crippen MR) is 135 cm³/mol. The fourth-order valence-corrected chi connectivity index (χ4v) is 4.63. The second kappa shape index (κ2) is 10.0. The Labute approximate surface area is 207 Å². The second-order valence-electron chi connectivity index (χ2n) is 8.71. The number of hydrogen-bond acceptors (Lipinski definition) is 7. The number of hydrogen-bond donors (Lipinski definition) is 4. The summed E-state index contributed by atoms with van der Waals surface area (Å²) in [6.45, 7) is 2.48. The van der Waals surface area contributed by atoms with Crippen LogP contribution in [0.4, 0.5) is 5.82 Å². The summed E-state index contributed by atoms with van der Waals surface area (Å²) in [4.78, 5) is 25.3. The van der Waals surface area contributed by atoms with Gasteiger partial charge < -0.3 is 25.5 Å². The minimum atomic E-state index is -0.398. The Kier molecular flexibility index (Phi) is 6.68. The number of nitrogens with zero attached hydrogens (tertiary/aromatic N) is 2. The van der Waals surface area contributed by atoms with Crippen molar-refractivity contribution >= 4 is 34.2 Å². The zero-order valence-electron chi connectivity index (χ0n) is 19.2. The maximum Gasteiger partial charge on any atom is 0.196 e. The molecule has 4 aromatic rings. The van der Waals surface area contributed by atoms with Gasteiger partial charge in [-0.25, -0.2) is 9.97 Å². The van der Waals surface area contributed by atoms with Gasteiger partial charge in [0.15, 0.2) is 5.78 Å². The van der Waals surface area contributed by atoms with Crippen LogP contribution in [0.25, 0.3) is 11.0 Å². The minimum absolute atomic E-state index is 0.0823. The van der Waals surface area contributed by atoms with Gasteiger partial charge in [0.05, 0.1) is 22.1 Å². The molecule has 3 atom stereocenters. The van der Waals surface area contributed by atoms with E-state index in [9.17, 15) is 9.90 Å². The van der Waals surface area contributed by atoms with Gasteiger partial charge in [0.1, 0.15) is 29.3 Å². The summed E-state index contributed by atoms with van der Waals surface area (Å²) < 4.78 is 5.83. The van der Waals surface area contributed by atoms with Gasteiger partial charge in [-0.3, -0.25) is 4.79 Å². The van der Waals surface area contributed by atoms with Gasteiger partial charge in [0.25, 0.3) is 0 Å². The molecule has 3 heterocycles. The average Bonchev–Trinajstić information content (AvgIpc) is 3.30. The maximum atomic E-state index is 13.5. The van der Waals surface area contributed by atoms with E-state index >= 15 is 0 Å². The lowest BCUT2D eigenvalue weighted by Gasteiger charge is -2.32. The van der Waals surface area contributed by atoms with Crippen molar-refractivity contribution in [2.75, 3.05) is 11.9 Å². The monoisotopic (exact) mass is 491 g/mol. The summed E-state index contributed by atoms with van der Waals surface area (Å²) in [5, 5.41) is 17.6. The van der Waals surface area contributed by atoms with Gasteiger partial charge in [-0.1, -0.05) is 29.8 Å². The van der Waals surface area contributed by atoms with E-state index in [1.165, 1.54) is 6.33 Å². The number of halogens is 1. The van der Waals surface area contributed by atoms with Gasteiger partial charge in [-0.2, -0.15) is 0 Å². The van der Waals surface area contributed by atoms with Crippen molar-refractivity contribution in [3.63, 3.8) is 0 Å². The van der Waals surface area contributed by atoms with Crippen LogP contribution in [0.5, 0.6) is 11.5 Å². The average molecular weight is 492 g/mol. The number of aliphatic hydroxyl groups excluding tert-OH is 1. The van der Waals surface area contributed by atoms with Gasteiger partial charge in [-0.05, 0) is 44.0 Å². The van der Waals surface area contributed by atoms with E-state index < -0.39 is 6.10 Å². The highest BCUT2D eigenvalue weighted by Gasteiger charge is 2.26. The molecule has 1 aliphatic heterocycles. The van der Waals surface area contributed by atoms with Crippen LogP contribution in [-0.2, 0) is 0 Å². The summed E-state index contributed by atoms with van der Waals surface area (Å²) in [7, 11) is 0. The third kappa shape index (κ3) is 5.00. The van der Waals surface area contributed by atoms with Crippen LogP contribution >= 0.6 is 11.6 Å². The summed E-state index contributed by atoms with van der Waals surface area (Å²) in [6, 6.07) is 14.6. The Hall–Kier alpha value is -3.46. The summed E-state index contributed by atoms with van der Waals surface area (Å²) >= 11 is 6.51. The highest BCUT2D eigenvalue weighted by molar-refractivity contribution is 6.35. The molecule has 0 aliphatic carbocycles. The largest absolute Gasteiger partial charge is 0.457 e. The minimum Gasteiger partial charge on any atom is -0.457 e. The molecule has 3 unspecified atom stereocenters. The molecule has 0 spiro atoms. The molecule has 35 heavy (non-hydrogen) atoms. The van der Waals surface area contributed by atoms with Gasteiger partial charge in [0, 0.05) is 36.5 Å². The molecule has 0 bridgehead atoms. The maximum absolute atomic E-state index is 13.5. The quantitative estimate of drug-likeness (QED) is 0.280. The van der Waals surface area contributed by atoms with Crippen molar-refractivity contribution < 1.29 is 14.6 Å². The third-order valence-corrected chi connectivity index (χ3v) is 6.57. The Balaban J connectivity index is 1.39.